The van der Waals surface area contributed by atoms with Crippen LogP contribution in [0, 0.1) is 24.4 Å². The maximum atomic E-state index is 13.8. The topological polar surface area (TPSA) is 49.8 Å². The first-order chi connectivity index (χ1) is 12.5. The number of benzene rings is 2. The summed E-state index contributed by atoms with van der Waals surface area (Å²) in [4.78, 5) is 8.39. The van der Waals surface area contributed by atoms with Gasteiger partial charge in [0.25, 0.3) is 0 Å². The molecule has 0 radical (unpaired) electrons. The molecule has 0 unspecified atom stereocenters. The number of nitrogens with one attached hydrogen (secondary N) is 2. The molecular weight excluding hydrogens is 341 g/mol. The Labute approximate surface area is 149 Å². The van der Waals surface area contributed by atoms with Crippen LogP contribution in [0.1, 0.15) is 18.2 Å². The third-order valence-electron chi connectivity index (χ3n) is 3.77. The summed E-state index contributed by atoms with van der Waals surface area (Å²) in [5.41, 5.74) is 2.43. The molecule has 0 saturated carbocycles. The van der Waals surface area contributed by atoms with Crippen LogP contribution in [0.2, 0.25) is 0 Å². The average molecular weight is 358 g/mol. The van der Waals surface area contributed by atoms with Crippen LogP contribution in [0.3, 0.4) is 0 Å². The normalized spacial score (nSPS) is 10.7. The lowest BCUT2D eigenvalue weighted by atomic mass is 10.1. The number of aromatic nitrogens is 2. The highest BCUT2D eigenvalue weighted by atomic mass is 19.2. The van der Waals surface area contributed by atoms with Gasteiger partial charge in [-0.2, -0.15) is 4.98 Å². The molecule has 4 nitrogen and oxygen atoms in total. The highest BCUT2D eigenvalue weighted by Crippen LogP contribution is 2.24. The molecule has 1 aromatic heterocycles. The van der Waals surface area contributed by atoms with E-state index in [4.69, 9.17) is 0 Å². The second-order valence-electron chi connectivity index (χ2n) is 5.74. The van der Waals surface area contributed by atoms with Crippen molar-refractivity contribution in [2.75, 3.05) is 10.6 Å². The van der Waals surface area contributed by atoms with Crippen LogP contribution in [0.5, 0.6) is 0 Å². The Balaban J connectivity index is 1.84. The number of nitrogens with zero attached hydrogens (tertiary/aromatic N) is 2. The molecule has 26 heavy (non-hydrogen) atoms. The Morgan fingerprint density at radius 1 is 0.885 bits per heavy atom. The molecule has 1 heterocycles. The van der Waals surface area contributed by atoms with E-state index in [1.165, 1.54) is 5.56 Å². The van der Waals surface area contributed by atoms with Gasteiger partial charge in [-0.05, 0) is 43.2 Å². The van der Waals surface area contributed by atoms with E-state index in [0.717, 1.165) is 24.2 Å². The van der Waals surface area contributed by atoms with E-state index in [0.29, 0.717) is 11.5 Å². The van der Waals surface area contributed by atoms with Gasteiger partial charge < -0.3 is 10.6 Å². The van der Waals surface area contributed by atoms with E-state index < -0.39 is 17.5 Å². The van der Waals surface area contributed by atoms with Crippen LogP contribution in [0.15, 0.2) is 42.5 Å². The molecule has 0 aliphatic rings. The van der Waals surface area contributed by atoms with Gasteiger partial charge in [-0.15, -0.1) is 0 Å². The molecule has 134 valence electrons. The smallest absolute Gasteiger partial charge is 0.229 e. The second kappa shape index (κ2) is 7.43. The molecule has 0 spiro atoms. The summed E-state index contributed by atoms with van der Waals surface area (Å²) >= 11 is 0. The first kappa shape index (κ1) is 17.7. The summed E-state index contributed by atoms with van der Waals surface area (Å²) in [5.74, 6) is -3.55. The number of anilines is 4. The van der Waals surface area contributed by atoms with Crippen LogP contribution in [-0.4, -0.2) is 9.97 Å². The molecule has 0 bridgehead atoms. The summed E-state index contributed by atoms with van der Waals surface area (Å²) < 4.78 is 40.2. The van der Waals surface area contributed by atoms with Crippen LogP contribution in [0.25, 0.3) is 0 Å². The zero-order chi connectivity index (χ0) is 18.7. The maximum absolute atomic E-state index is 13.8. The van der Waals surface area contributed by atoms with Gasteiger partial charge in [0, 0.05) is 17.4 Å². The summed E-state index contributed by atoms with van der Waals surface area (Å²) in [6.07, 6.45) is 0.945. The summed E-state index contributed by atoms with van der Waals surface area (Å²) in [6.45, 7) is 3.82. The van der Waals surface area contributed by atoms with Gasteiger partial charge >= 0.3 is 0 Å². The zero-order valence-electron chi connectivity index (χ0n) is 14.3. The lowest BCUT2D eigenvalue weighted by molar-refractivity contribution is 0.449. The summed E-state index contributed by atoms with van der Waals surface area (Å²) in [5, 5.41) is 5.72. The van der Waals surface area contributed by atoms with Crippen molar-refractivity contribution in [1.29, 1.82) is 0 Å². The van der Waals surface area contributed by atoms with Gasteiger partial charge in [0.05, 0.1) is 5.69 Å². The van der Waals surface area contributed by atoms with E-state index in [2.05, 4.69) is 27.5 Å². The molecule has 0 atom stereocenters. The quantitative estimate of drug-likeness (QED) is 0.612. The molecule has 2 N–H and O–H groups in total. The lowest BCUT2D eigenvalue weighted by Crippen LogP contribution is -2.05. The minimum absolute atomic E-state index is 0.0718. The van der Waals surface area contributed by atoms with E-state index in [-0.39, 0.29) is 11.6 Å². The highest BCUT2D eigenvalue weighted by molar-refractivity contribution is 5.60. The van der Waals surface area contributed by atoms with E-state index >= 15 is 0 Å². The number of hydrogen-bond donors (Lipinski definition) is 2. The zero-order valence-corrected chi connectivity index (χ0v) is 14.3. The molecule has 2 aromatic carbocycles. The largest absolute Gasteiger partial charge is 0.340 e. The van der Waals surface area contributed by atoms with Crippen LogP contribution >= 0.6 is 0 Å². The number of aryl methyl sites for hydroxylation is 2. The fourth-order valence-electron chi connectivity index (χ4n) is 2.40. The number of halogens is 3. The fraction of sp³-hybridized carbons (Fsp3) is 0.158. The molecule has 0 aliphatic heterocycles. The Bertz CT molecular complexity index is 927. The van der Waals surface area contributed by atoms with Gasteiger partial charge in [-0.1, -0.05) is 19.1 Å². The van der Waals surface area contributed by atoms with E-state index in [9.17, 15) is 13.2 Å². The average Bonchev–Trinajstić information content (AvgIpc) is 2.62. The molecule has 0 amide bonds. The van der Waals surface area contributed by atoms with Gasteiger partial charge in [-0.3, -0.25) is 0 Å². The maximum Gasteiger partial charge on any atom is 0.229 e. The van der Waals surface area contributed by atoms with Crippen molar-refractivity contribution in [2.24, 2.45) is 0 Å². The minimum Gasteiger partial charge on any atom is -0.340 e. The monoisotopic (exact) mass is 358 g/mol. The standard InChI is InChI=1S/C19H17F3N4/c1-3-12-4-6-13(7-5-12)24-16-10-11(2)23-19(26-16)25-15-9-8-14(20)17(21)18(15)22/h4-10H,3H2,1-2H3,(H2,23,24,25,26). The predicted molar refractivity (Wildman–Crippen MR) is 95.5 cm³/mol. The number of hydrogen-bond acceptors (Lipinski definition) is 4. The SMILES string of the molecule is CCc1ccc(Nc2cc(C)nc(Nc3ccc(F)c(F)c3F)n2)cc1. The summed E-state index contributed by atoms with van der Waals surface area (Å²) in [7, 11) is 0. The predicted octanol–water partition coefficient (Wildman–Crippen LogP) is 5.25. The van der Waals surface area contributed by atoms with E-state index in [1.807, 2.05) is 24.3 Å². The molecule has 0 saturated heterocycles. The fourth-order valence-corrected chi connectivity index (χ4v) is 2.40. The molecule has 0 fully saturated rings. The number of rotatable bonds is 5. The van der Waals surface area contributed by atoms with Crippen molar-refractivity contribution in [2.45, 2.75) is 20.3 Å². The minimum atomic E-state index is -1.54. The third-order valence-corrected chi connectivity index (χ3v) is 3.77. The Hall–Kier alpha value is -3.09. The van der Waals surface area contributed by atoms with Crippen molar-refractivity contribution in [3.8, 4) is 0 Å². The van der Waals surface area contributed by atoms with Crippen LogP contribution in [-0.2, 0) is 6.42 Å². The van der Waals surface area contributed by atoms with Crippen LogP contribution < -0.4 is 10.6 Å². The van der Waals surface area contributed by atoms with Gasteiger partial charge in [0.2, 0.25) is 5.95 Å². The van der Waals surface area contributed by atoms with Crippen molar-refractivity contribution in [3.05, 3.63) is 71.2 Å². The lowest BCUT2D eigenvalue weighted by Gasteiger charge is -2.11. The molecule has 7 heteroatoms. The van der Waals surface area contributed by atoms with Crippen molar-refractivity contribution in [1.82, 2.24) is 9.97 Å². The summed E-state index contributed by atoms with van der Waals surface area (Å²) in [6, 6.07) is 11.5. The first-order valence-corrected chi connectivity index (χ1v) is 8.08. The molecule has 0 aliphatic carbocycles. The van der Waals surface area contributed by atoms with Crippen molar-refractivity contribution in [3.63, 3.8) is 0 Å². The van der Waals surface area contributed by atoms with Crippen molar-refractivity contribution < 1.29 is 13.2 Å². The van der Waals surface area contributed by atoms with Crippen LogP contribution in [0.4, 0.5) is 36.3 Å². The second-order valence-corrected chi connectivity index (χ2v) is 5.74. The van der Waals surface area contributed by atoms with Gasteiger partial charge in [0.1, 0.15) is 5.82 Å². The molecule has 3 rings (SSSR count). The highest BCUT2D eigenvalue weighted by Gasteiger charge is 2.14. The van der Waals surface area contributed by atoms with Gasteiger partial charge in [-0.25, -0.2) is 18.2 Å². The molecule has 3 aromatic rings. The Morgan fingerprint density at radius 2 is 1.62 bits per heavy atom. The Morgan fingerprint density at radius 3 is 2.31 bits per heavy atom. The first-order valence-electron chi connectivity index (χ1n) is 8.08. The molecular formula is C19H17F3N4. The Kier molecular flexibility index (Phi) is 5.06. The van der Waals surface area contributed by atoms with Crippen molar-refractivity contribution >= 4 is 23.1 Å². The third kappa shape index (κ3) is 3.93. The van der Waals surface area contributed by atoms with Gasteiger partial charge in [0.15, 0.2) is 17.5 Å². The van der Waals surface area contributed by atoms with E-state index in [1.54, 1.807) is 13.0 Å².